The van der Waals surface area contributed by atoms with Gasteiger partial charge in [0.1, 0.15) is 10.8 Å². The van der Waals surface area contributed by atoms with Crippen LogP contribution in [0, 0.1) is 6.92 Å². The van der Waals surface area contributed by atoms with Gasteiger partial charge >= 0.3 is 0 Å². The molecular formula is C23H22N4S2. The number of benzene rings is 2. The van der Waals surface area contributed by atoms with Crippen LogP contribution in [0.1, 0.15) is 40.9 Å². The first kappa shape index (κ1) is 18.6. The molecular weight excluding hydrogens is 396 g/mol. The average molecular weight is 419 g/mol. The van der Waals surface area contributed by atoms with Crippen LogP contribution < -0.4 is 0 Å². The zero-order valence-electron chi connectivity index (χ0n) is 16.4. The predicted octanol–water partition coefficient (Wildman–Crippen LogP) is 5.81. The average Bonchev–Trinajstić information content (AvgIpc) is 3.24. The van der Waals surface area contributed by atoms with E-state index in [2.05, 4.69) is 88.7 Å². The molecule has 29 heavy (non-hydrogen) atoms. The summed E-state index contributed by atoms with van der Waals surface area (Å²) in [4.78, 5) is 4.83. The topological polar surface area (TPSA) is 43.6 Å². The Labute approximate surface area is 179 Å². The summed E-state index contributed by atoms with van der Waals surface area (Å²) in [7, 11) is 2.08. The summed E-state index contributed by atoms with van der Waals surface area (Å²) in [5.41, 5.74) is 4.98. The van der Waals surface area contributed by atoms with Crippen molar-refractivity contribution in [2.45, 2.75) is 36.1 Å². The molecule has 146 valence electrons. The van der Waals surface area contributed by atoms with Crippen LogP contribution >= 0.6 is 23.1 Å². The van der Waals surface area contributed by atoms with Crippen molar-refractivity contribution in [1.82, 2.24) is 19.7 Å². The van der Waals surface area contributed by atoms with Gasteiger partial charge in [-0.05, 0) is 30.4 Å². The normalized spacial score (nSPS) is 18.1. The van der Waals surface area contributed by atoms with Crippen LogP contribution in [0.3, 0.4) is 0 Å². The third-order valence-electron chi connectivity index (χ3n) is 5.49. The fourth-order valence-corrected chi connectivity index (χ4v) is 5.60. The monoisotopic (exact) mass is 418 g/mol. The molecule has 1 aliphatic carbocycles. The van der Waals surface area contributed by atoms with Crippen molar-refractivity contribution in [3.05, 3.63) is 82.6 Å². The largest absolute Gasteiger partial charge is 0.309 e. The second kappa shape index (κ2) is 7.76. The molecule has 4 aromatic rings. The van der Waals surface area contributed by atoms with Crippen molar-refractivity contribution in [3.63, 3.8) is 0 Å². The highest BCUT2D eigenvalue weighted by Crippen LogP contribution is 2.54. The number of thioether (sulfide) groups is 1. The lowest BCUT2D eigenvalue weighted by Crippen LogP contribution is -1.98. The summed E-state index contributed by atoms with van der Waals surface area (Å²) in [5, 5.41) is 13.2. The first-order valence-corrected chi connectivity index (χ1v) is 11.6. The fraction of sp³-hybridized carbons (Fsp3) is 0.261. The Morgan fingerprint density at radius 2 is 1.83 bits per heavy atom. The van der Waals surface area contributed by atoms with E-state index in [1.165, 1.54) is 16.7 Å². The summed E-state index contributed by atoms with van der Waals surface area (Å²) >= 11 is 3.42. The maximum Gasteiger partial charge on any atom is 0.191 e. The molecule has 2 aromatic heterocycles. The highest BCUT2D eigenvalue weighted by molar-refractivity contribution is 7.98. The van der Waals surface area contributed by atoms with Gasteiger partial charge in [0.2, 0.25) is 0 Å². The van der Waals surface area contributed by atoms with Crippen molar-refractivity contribution in [2.75, 3.05) is 0 Å². The van der Waals surface area contributed by atoms with Crippen molar-refractivity contribution < 1.29 is 0 Å². The second-order valence-electron chi connectivity index (χ2n) is 7.51. The van der Waals surface area contributed by atoms with Crippen molar-refractivity contribution >= 4 is 23.1 Å². The zero-order chi connectivity index (χ0) is 19.8. The first-order valence-electron chi connectivity index (χ1n) is 9.78. The van der Waals surface area contributed by atoms with Crippen molar-refractivity contribution in [1.29, 1.82) is 0 Å². The van der Waals surface area contributed by atoms with Crippen LogP contribution in [-0.4, -0.2) is 19.7 Å². The maximum absolute atomic E-state index is 4.83. The molecule has 5 rings (SSSR count). The lowest BCUT2D eigenvalue weighted by molar-refractivity contribution is 0.730. The van der Waals surface area contributed by atoms with Crippen LogP contribution in [-0.2, 0) is 12.8 Å². The molecule has 2 atom stereocenters. The van der Waals surface area contributed by atoms with E-state index >= 15 is 0 Å². The molecule has 0 radical (unpaired) electrons. The summed E-state index contributed by atoms with van der Waals surface area (Å²) in [6, 6.07) is 19.1. The molecule has 0 bridgehead atoms. The van der Waals surface area contributed by atoms with Gasteiger partial charge in [0.25, 0.3) is 0 Å². The van der Waals surface area contributed by atoms with Crippen LogP contribution in [0.4, 0.5) is 0 Å². The lowest BCUT2D eigenvalue weighted by Gasteiger charge is -2.03. The van der Waals surface area contributed by atoms with E-state index in [4.69, 9.17) is 4.98 Å². The van der Waals surface area contributed by atoms with Gasteiger partial charge in [-0.1, -0.05) is 66.4 Å². The van der Waals surface area contributed by atoms with E-state index < -0.39 is 0 Å². The Hall–Kier alpha value is -2.44. The van der Waals surface area contributed by atoms with E-state index in [0.717, 1.165) is 33.9 Å². The molecule has 0 saturated heterocycles. The third kappa shape index (κ3) is 3.74. The van der Waals surface area contributed by atoms with Crippen LogP contribution in [0.5, 0.6) is 0 Å². The molecule has 1 aliphatic rings. The van der Waals surface area contributed by atoms with Crippen molar-refractivity contribution in [2.24, 2.45) is 7.05 Å². The molecule has 2 aromatic carbocycles. The van der Waals surface area contributed by atoms with E-state index in [-0.39, 0.29) is 0 Å². The van der Waals surface area contributed by atoms with Gasteiger partial charge in [-0.25, -0.2) is 4.98 Å². The summed E-state index contributed by atoms with van der Waals surface area (Å²) in [6.45, 7) is 2.13. The molecule has 1 fully saturated rings. The zero-order valence-corrected chi connectivity index (χ0v) is 18.1. The van der Waals surface area contributed by atoms with Crippen LogP contribution in [0.15, 0.2) is 65.1 Å². The number of aromatic nitrogens is 4. The number of nitrogens with zero attached hydrogens (tertiary/aromatic N) is 4. The Balaban J connectivity index is 1.26. The van der Waals surface area contributed by atoms with Gasteiger partial charge in [0, 0.05) is 29.7 Å². The summed E-state index contributed by atoms with van der Waals surface area (Å²) < 4.78 is 2.16. The molecule has 2 heterocycles. The van der Waals surface area contributed by atoms with Gasteiger partial charge in [0.05, 0.1) is 5.69 Å². The van der Waals surface area contributed by atoms with Crippen LogP contribution in [0.2, 0.25) is 0 Å². The predicted molar refractivity (Wildman–Crippen MR) is 119 cm³/mol. The minimum absolute atomic E-state index is 0.483. The lowest BCUT2D eigenvalue weighted by atomic mass is 10.1. The third-order valence-corrected chi connectivity index (χ3v) is 7.47. The van der Waals surface area contributed by atoms with Crippen molar-refractivity contribution in [3.8, 4) is 10.6 Å². The molecule has 4 nitrogen and oxygen atoms in total. The highest BCUT2D eigenvalue weighted by Gasteiger charge is 2.42. The minimum atomic E-state index is 0.483. The number of hydrogen-bond acceptors (Lipinski definition) is 5. The number of thiazole rings is 1. The van der Waals surface area contributed by atoms with Gasteiger partial charge in [-0.15, -0.1) is 21.5 Å². The molecule has 0 aliphatic heterocycles. The molecule has 6 heteroatoms. The smallest absolute Gasteiger partial charge is 0.191 e. The molecule has 2 unspecified atom stereocenters. The quantitative estimate of drug-likeness (QED) is 0.371. The van der Waals surface area contributed by atoms with E-state index in [1.807, 2.05) is 0 Å². The van der Waals surface area contributed by atoms with Gasteiger partial charge in [0.15, 0.2) is 5.16 Å². The highest BCUT2D eigenvalue weighted by atomic mass is 32.2. The van der Waals surface area contributed by atoms with Crippen LogP contribution in [0.25, 0.3) is 10.6 Å². The van der Waals surface area contributed by atoms with E-state index in [9.17, 15) is 0 Å². The summed E-state index contributed by atoms with van der Waals surface area (Å²) in [5.74, 6) is 2.96. The fourth-order valence-electron chi connectivity index (χ4n) is 3.77. The van der Waals surface area contributed by atoms with Gasteiger partial charge < -0.3 is 4.57 Å². The van der Waals surface area contributed by atoms with E-state index in [0.29, 0.717) is 11.8 Å². The molecule has 0 spiro atoms. The standard InChI is InChI=1S/C23H22N4S2/c1-15-8-6-7-11-18(15)22-24-17(13-28-22)14-29-23-26-25-21(27(23)2)20-12-19(20)16-9-4-3-5-10-16/h3-11,13,19-20H,12,14H2,1-2H3. The number of aryl methyl sites for hydroxylation is 1. The van der Waals surface area contributed by atoms with Gasteiger partial charge in [-0.2, -0.15) is 0 Å². The second-order valence-corrected chi connectivity index (χ2v) is 9.31. The summed E-state index contributed by atoms with van der Waals surface area (Å²) in [6.07, 6.45) is 1.16. The Bertz CT molecular complexity index is 1130. The molecule has 0 N–H and O–H groups in total. The minimum Gasteiger partial charge on any atom is -0.309 e. The van der Waals surface area contributed by atoms with Gasteiger partial charge in [-0.3, -0.25) is 0 Å². The number of rotatable bonds is 6. The number of hydrogen-bond donors (Lipinski definition) is 0. The van der Waals surface area contributed by atoms with E-state index in [1.54, 1.807) is 23.1 Å². The first-order chi connectivity index (χ1) is 14.2. The Morgan fingerprint density at radius 1 is 1.03 bits per heavy atom. The maximum atomic E-state index is 4.83. The molecule has 1 saturated carbocycles. The molecule has 0 amide bonds. The SMILES string of the molecule is Cc1ccccc1-c1nc(CSc2nnc(C3CC3c3ccccc3)n2C)cs1. The Kier molecular flexibility index (Phi) is 4.97. The Morgan fingerprint density at radius 3 is 2.66 bits per heavy atom.